The van der Waals surface area contributed by atoms with Gasteiger partial charge in [0.2, 0.25) is 0 Å². The fraction of sp³-hybridized carbons (Fsp3) is 0.545. The van der Waals surface area contributed by atoms with E-state index in [0.29, 0.717) is 6.61 Å². The van der Waals surface area contributed by atoms with Crippen molar-refractivity contribution < 1.29 is 9.90 Å². The van der Waals surface area contributed by atoms with Crippen molar-refractivity contribution in [3.8, 4) is 0 Å². The van der Waals surface area contributed by atoms with Gasteiger partial charge in [0, 0.05) is 31.1 Å². The second-order valence-electron chi connectivity index (χ2n) is 3.44. The van der Waals surface area contributed by atoms with Crippen LogP contribution in [0.1, 0.15) is 36.0 Å². The van der Waals surface area contributed by atoms with Crippen molar-refractivity contribution >= 4 is 6.29 Å². The average molecular weight is 195 g/mol. The van der Waals surface area contributed by atoms with E-state index in [9.17, 15) is 4.79 Å². The van der Waals surface area contributed by atoms with Crippen LogP contribution in [0.3, 0.4) is 0 Å². The molecule has 3 heteroatoms. The molecule has 1 N–H and O–H groups in total. The van der Waals surface area contributed by atoms with E-state index in [4.69, 9.17) is 5.11 Å². The summed E-state index contributed by atoms with van der Waals surface area (Å²) in [6.07, 6.45) is 8.86. The lowest BCUT2D eigenvalue weighted by Crippen LogP contribution is -1.94. The highest BCUT2D eigenvalue weighted by Gasteiger charge is 1.94. The maximum atomic E-state index is 10.4. The molecular formula is C11H17NO2. The zero-order chi connectivity index (χ0) is 10.2. The number of rotatable bonds is 7. The van der Waals surface area contributed by atoms with Gasteiger partial charge in [0.05, 0.1) is 0 Å². The first kappa shape index (κ1) is 11.0. The molecule has 0 amide bonds. The Morgan fingerprint density at radius 1 is 1.29 bits per heavy atom. The van der Waals surface area contributed by atoms with E-state index in [2.05, 4.69) is 0 Å². The molecule has 0 aliphatic rings. The lowest BCUT2D eigenvalue weighted by Gasteiger charge is -2.01. The van der Waals surface area contributed by atoms with Gasteiger partial charge in [-0.2, -0.15) is 0 Å². The largest absolute Gasteiger partial charge is 0.396 e. The van der Waals surface area contributed by atoms with Crippen molar-refractivity contribution in [2.75, 3.05) is 6.61 Å². The normalized spacial score (nSPS) is 10.4. The first-order valence-corrected chi connectivity index (χ1v) is 5.08. The molecule has 78 valence electrons. The molecule has 1 heterocycles. The lowest BCUT2D eigenvalue weighted by atomic mass is 10.2. The Balaban J connectivity index is 2.14. The van der Waals surface area contributed by atoms with Crippen LogP contribution in [-0.2, 0) is 6.54 Å². The van der Waals surface area contributed by atoms with Gasteiger partial charge in [0.25, 0.3) is 0 Å². The number of unbranched alkanes of at least 4 members (excludes halogenated alkanes) is 3. The number of carbonyl (C=O) groups excluding carboxylic acids is 1. The third-order valence-electron chi connectivity index (χ3n) is 2.23. The minimum atomic E-state index is 0.290. The topological polar surface area (TPSA) is 42.2 Å². The maximum Gasteiger partial charge on any atom is 0.151 e. The van der Waals surface area contributed by atoms with E-state index in [1.54, 1.807) is 0 Å². The van der Waals surface area contributed by atoms with Crippen molar-refractivity contribution in [1.82, 2.24) is 4.57 Å². The fourth-order valence-corrected chi connectivity index (χ4v) is 1.43. The Hall–Kier alpha value is -1.09. The van der Waals surface area contributed by atoms with E-state index < -0.39 is 0 Å². The van der Waals surface area contributed by atoms with Crippen molar-refractivity contribution in [3.05, 3.63) is 24.0 Å². The Labute approximate surface area is 84.4 Å². The first-order chi connectivity index (χ1) is 6.86. The number of carbonyl (C=O) groups is 1. The van der Waals surface area contributed by atoms with Crippen molar-refractivity contribution in [2.45, 2.75) is 32.2 Å². The van der Waals surface area contributed by atoms with Gasteiger partial charge in [-0.1, -0.05) is 12.8 Å². The molecule has 0 atom stereocenters. The van der Waals surface area contributed by atoms with Crippen LogP contribution in [-0.4, -0.2) is 22.6 Å². The van der Waals surface area contributed by atoms with Gasteiger partial charge in [0.1, 0.15) is 0 Å². The van der Waals surface area contributed by atoms with Crippen LogP contribution < -0.4 is 0 Å². The number of nitrogens with zero attached hydrogens (tertiary/aromatic N) is 1. The molecule has 0 aliphatic carbocycles. The molecule has 0 aliphatic heterocycles. The highest BCUT2D eigenvalue weighted by molar-refractivity contribution is 5.74. The van der Waals surface area contributed by atoms with Gasteiger partial charge in [0.15, 0.2) is 6.29 Å². The summed E-state index contributed by atoms with van der Waals surface area (Å²) in [5, 5.41) is 8.57. The SMILES string of the molecule is O=Cc1ccn(CCCCCCO)c1. The van der Waals surface area contributed by atoms with E-state index >= 15 is 0 Å². The number of aryl methyl sites for hydroxylation is 1. The fourth-order valence-electron chi connectivity index (χ4n) is 1.43. The van der Waals surface area contributed by atoms with Crippen LogP contribution in [0.4, 0.5) is 0 Å². The third kappa shape index (κ3) is 3.75. The molecule has 0 fully saturated rings. The van der Waals surface area contributed by atoms with Gasteiger partial charge in [-0.05, 0) is 18.9 Å². The van der Waals surface area contributed by atoms with Crippen LogP contribution in [0.5, 0.6) is 0 Å². The summed E-state index contributed by atoms with van der Waals surface area (Å²) >= 11 is 0. The smallest absolute Gasteiger partial charge is 0.151 e. The molecule has 0 unspecified atom stereocenters. The second-order valence-corrected chi connectivity index (χ2v) is 3.44. The standard InChI is InChI=1S/C11H17NO2/c13-8-4-2-1-3-6-12-7-5-11(9-12)10-14/h5,7,9-10,13H,1-4,6,8H2. The monoisotopic (exact) mass is 195 g/mol. The zero-order valence-corrected chi connectivity index (χ0v) is 8.35. The van der Waals surface area contributed by atoms with Crippen LogP contribution in [0.2, 0.25) is 0 Å². The van der Waals surface area contributed by atoms with E-state index in [0.717, 1.165) is 44.1 Å². The Kier molecular flexibility index (Phi) is 5.00. The Morgan fingerprint density at radius 3 is 2.71 bits per heavy atom. The van der Waals surface area contributed by atoms with E-state index in [1.807, 2.05) is 23.0 Å². The van der Waals surface area contributed by atoms with Gasteiger partial charge in [-0.25, -0.2) is 0 Å². The van der Waals surface area contributed by atoms with E-state index in [1.165, 1.54) is 0 Å². The maximum absolute atomic E-state index is 10.4. The van der Waals surface area contributed by atoms with Crippen LogP contribution in [0, 0.1) is 0 Å². The summed E-state index contributed by atoms with van der Waals surface area (Å²) in [5.74, 6) is 0. The molecule has 0 bridgehead atoms. The molecular weight excluding hydrogens is 178 g/mol. The Morgan fingerprint density at radius 2 is 2.07 bits per heavy atom. The average Bonchev–Trinajstić information content (AvgIpc) is 2.65. The molecule has 0 aromatic carbocycles. The van der Waals surface area contributed by atoms with Crippen molar-refractivity contribution in [3.63, 3.8) is 0 Å². The predicted octanol–water partition coefficient (Wildman–Crippen LogP) is 1.85. The van der Waals surface area contributed by atoms with Crippen molar-refractivity contribution in [1.29, 1.82) is 0 Å². The number of aliphatic hydroxyl groups excluding tert-OH is 1. The highest BCUT2D eigenvalue weighted by Crippen LogP contribution is 2.04. The van der Waals surface area contributed by atoms with E-state index in [-0.39, 0.29) is 0 Å². The Bertz CT molecular complexity index is 268. The molecule has 3 nitrogen and oxygen atoms in total. The summed E-state index contributed by atoms with van der Waals surface area (Å²) in [6.45, 7) is 1.25. The number of aldehydes is 1. The number of aliphatic hydroxyl groups is 1. The molecule has 14 heavy (non-hydrogen) atoms. The van der Waals surface area contributed by atoms with Gasteiger partial charge in [-0.15, -0.1) is 0 Å². The second kappa shape index (κ2) is 6.38. The van der Waals surface area contributed by atoms with Gasteiger partial charge < -0.3 is 9.67 Å². The summed E-state index contributed by atoms with van der Waals surface area (Å²) < 4.78 is 2.03. The first-order valence-electron chi connectivity index (χ1n) is 5.08. The number of hydrogen-bond acceptors (Lipinski definition) is 2. The quantitative estimate of drug-likeness (QED) is 0.533. The predicted molar refractivity (Wildman–Crippen MR) is 55.4 cm³/mol. The molecule has 1 aromatic heterocycles. The zero-order valence-electron chi connectivity index (χ0n) is 8.35. The molecule has 0 saturated carbocycles. The molecule has 1 aromatic rings. The lowest BCUT2D eigenvalue weighted by molar-refractivity contribution is 0.112. The molecule has 0 saturated heterocycles. The number of hydrogen-bond donors (Lipinski definition) is 1. The highest BCUT2D eigenvalue weighted by atomic mass is 16.2. The summed E-state index contributed by atoms with van der Waals surface area (Å²) in [7, 11) is 0. The summed E-state index contributed by atoms with van der Waals surface area (Å²) in [5.41, 5.74) is 0.736. The molecule has 0 spiro atoms. The van der Waals surface area contributed by atoms with Crippen LogP contribution in [0.25, 0.3) is 0 Å². The van der Waals surface area contributed by atoms with Gasteiger partial charge in [-0.3, -0.25) is 4.79 Å². The van der Waals surface area contributed by atoms with Gasteiger partial charge >= 0.3 is 0 Å². The van der Waals surface area contributed by atoms with Crippen LogP contribution in [0.15, 0.2) is 18.5 Å². The van der Waals surface area contributed by atoms with Crippen LogP contribution >= 0.6 is 0 Å². The minimum absolute atomic E-state index is 0.290. The summed E-state index contributed by atoms with van der Waals surface area (Å²) in [6, 6.07) is 1.82. The number of aromatic nitrogens is 1. The molecule has 0 radical (unpaired) electrons. The van der Waals surface area contributed by atoms with Crippen molar-refractivity contribution in [2.24, 2.45) is 0 Å². The minimum Gasteiger partial charge on any atom is -0.396 e. The summed E-state index contributed by atoms with van der Waals surface area (Å²) in [4.78, 5) is 10.4. The third-order valence-corrected chi connectivity index (χ3v) is 2.23. The molecule has 1 rings (SSSR count).